The molecule has 134 valence electrons. The molecule has 2 aromatic carbocycles. The van der Waals surface area contributed by atoms with E-state index in [9.17, 15) is 4.39 Å². The minimum absolute atomic E-state index is 0.281. The summed E-state index contributed by atoms with van der Waals surface area (Å²) < 4.78 is 18.3. The zero-order chi connectivity index (χ0) is 18.6. The van der Waals surface area contributed by atoms with Crippen LogP contribution in [0.5, 0.6) is 0 Å². The molecule has 27 heavy (non-hydrogen) atoms. The molecule has 0 saturated heterocycles. The van der Waals surface area contributed by atoms with Gasteiger partial charge in [0.2, 0.25) is 11.7 Å². The molecule has 0 spiro atoms. The van der Waals surface area contributed by atoms with E-state index in [1.807, 2.05) is 24.3 Å². The number of hydrogen-bond acceptors (Lipinski definition) is 6. The maximum atomic E-state index is 13.0. The number of aromatic nitrogens is 4. The Morgan fingerprint density at radius 1 is 0.889 bits per heavy atom. The smallest absolute Gasteiger partial charge is 0.237 e. The molecule has 0 aliphatic heterocycles. The fourth-order valence-electron chi connectivity index (χ4n) is 2.34. The molecule has 0 amide bonds. The molecule has 0 aliphatic carbocycles. The van der Waals surface area contributed by atoms with E-state index in [1.165, 1.54) is 23.9 Å². The van der Waals surface area contributed by atoms with E-state index in [2.05, 4.69) is 20.3 Å². The van der Waals surface area contributed by atoms with Crippen LogP contribution in [0.2, 0.25) is 5.02 Å². The van der Waals surface area contributed by atoms with Gasteiger partial charge in [0, 0.05) is 16.1 Å². The van der Waals surface area contributed by atoms with Gasteiger partial charge in [-0.15, -0.1) is 10.2 Å². The van der Waals surface area contributed by atoms with Gasteiger partial charge in [0.1, 0.15) is 10.8 Å². The van der Waals surface area contributed by atoms with Crippen LogP contribution >= 0.6 is 23.4 Å². The van der Waals surface area contributed by atoms with Gasteiger partial charge in [-0.3, -0.25) is 0 Å². The van der Waals surface area contributed by atoms with Crippen LogP contribution in [0.1, 0.15) is 5.89 Å². The minimum atomic E-state index is -0.281. The van der Waals surface area contributed by atoms with Crippen LogP contribution in [0.3, 0.4) is 0 Å². The molecule has 0 fully saturated rings. The number of thioether (sulfide) groups is 1. The van der Waals surface area contributed by atoms with E-state index in [0.29, 0.717) is 28.2 Å². The fourth-order valence-corrected chi connectivity index (χ4v) is 3.11. The van der Waals surface area contributed by atoms with E-state index in [1.54, 1.807) is 24.3 Å². The molecule has 0 N–H and O–H groups in total. The Bertz CT molecular complexity index is 1040. The molecule has 0 radical (unpaired) electrons. The van der Waals surface area contributed by atoms with Crippen molar-refractivity contribution < 1.29 is 8.91 Å². The summed E-state index contributed by atoms with van der Waals surface area (Å²) in [6.07, 6.45) is 0. The average molecular weight is 399 g/mol. The lowest BCUT2D eigenvalue weighted by Gasteiger charge is -2.01. The quantitative estimate of drug-likeness (QED) is 0.426. The van der Waals surface area contributed by atoms with Gasteiger partial charge >= 0.3 is 0 Å². The van der Waals surface area contributed by atoms with Crippen molar-refractivity contribution in [3.8, 4) is 22.6 Å². The molecule has 2 heterocycles. The molecule has 0 atom stereocenters. The number of benzene rings is 2. The predicted molar refractivity (Wildman–Crippen MR) is 102 cm³/mol. The van der Waals surface area contributed by atoms with Crippen LogP contribution in [0, 0.1) is 5.82 Å². The van der Waals surface area contributed by atoms with Gasteiger partial charge in [-0.25, -0.2) is 4.39 Å². The lowest BCUT2D eigenvalue weighted by atomic mass is 10.1. The second kappa shape index (κ2) is 7.85. The van der Waals surface area contributed by atoms with Gasteiger partial charge in [-0.2, -0.15) is 4.98 Å². The summed E-state index contributed by atoms with van der Waals surface area (Å²) in [6, 6.07) is 17.1. The Labute approximate surface area is 163 Å². The standard InChI is InChI=1S/C19H12ClFN4OS/c20-14-5-1-13(2-6-14)19-22-17(26-25-19)11-27-18-10-9-16(23-24-18)12-3-7-15(21)8-4-12/h1-10H,11H2. The van der Waals surface area contributed by atoms with Crippen LogP contribution in [-0.2, 0) is 5.75 Å². The van der Waals surface area contributed by atoms with Gasteiger partial charge in [0.25, 0.3) is 0 Å². The number of halogens is 2. The van der Waals surface area contributed by atoms with Crippen LogP contribution in [0.25, 0.3) is 22.6 Å². The van der Waals surface area contributed by atoms with Crippen LogP contribution < -0.4 is 0 Å². The summed E-state index contributed by atoms with van der Waals surface area (Å²) in [5, 5.41) is 13.7. The fraction of sp³-hybridized carbons (Fsp3) is 0.0526. The third-order valence-electron chi connectivity index (χ3n) is 3.69. The highest BCUT2D eigenvalue weighted by Gasteiger charge is 2.10. The van der Waals surface area contributed by atoms with Crippen LogP contribution in [0.15, 0.2) is 70.2 Å². The number of nitrogens with zero attached hydrogens (tertiary/aromatic N) is 4. The first-order valence-electron chi connectivity index (χ1n) is 7.98. The molecule has 0 aliphatic rings. The van der Waals surface area contributed by atoms with Gasteiger partial charge in [-0.1, -0.05) is 28.5 Å². The van der Waals surface area contributed by atoms with Crippen molar-refractivity contribution in [3.63, 3.8) is 0 Å². The Kier molecular flexibility index (Phi) is 5.13. The Hall–Kier alpha value is -2.77. The highest BCUT2D eigenvalue weighted by molar-refractivity contribution is 7.98. The highest BCUT2D eigenvalue weighted by atomic mass is 35.5. The van der Waals surface area contributed by atoms with E-state index >= 15 is 0 Å². The van der Waals surface area contributed by atoms with Crippen LogP contribution in [0.4, 0.5) is 4.39 Å². The monoisotopic (exact) mass is 398 g/mol. The maximum Gasteiger partial charge on any atom is 0.237 e. The third kappa shape index (κ3) is 4.32. The second-order valence-corrected chi connectivity index (χ2v) is 7.00. The minimum Gasteiger partial charge on any atom is -0.338 e. The lowest BCUT2D eigenvalue weighted by molar-refractivity contribution is 0.391. The van der Waals surface area contributed by atoms with Crippen molar-refractivity contribution in [3.05, 3.63) is 77.4 Å². The van der Waals surface area contributed by atoms with Crippen molar-refractivity contribution >= 4 is 23.4 Å². The predicted octanol–water partition coefficient (Wildman–Crippen LogP) is 5.28. The average Bonchev–Trinajstić information content (AvgIpc) is 3.17. The summed E-state index contributed by atoms with van der Waals surface area (Å²) in [6.45, 7) is 0. The summed E-state index contributed by atoms with van der Waals surface area (Å²) in [5.41, 5.74) is 2.33. The Balaban J connectivity index is 1.40. The molecule has 4 aromatic rings. The molecule has 5 nitrogen and oxygen atoms in total. The first-order valence-corrected chi connectivity index (χ1v) is 9.35. The van der Waals surface area contributed by atoms with Gasteiger partial charge in [0.05, 0.1) is 11.4 Å². The zero-order valence-electron chi connectivity index (χ0n) is 13.8. The SMILES string of the molecule is Fc1ccc(-c2ccc(SCc3nc(-c4ccc(Cl)cc4)no3)nn2)cc1. The van der Waals surface area contributed by atoms with Crippen molar-refractivity contribution in [1.82, 2.24) is 20.3 Å². The molecular weight excluding hydrogens is 387 g/mol. The Morgan fingerprint density at radius 3 is 2.33 bits per heavy atom. The highest BCUT2D eigenvalue weighted by Crippen LogP contribution is 2.24. The largest absolute Gasteiger partial charge is 0.338 e. The first-order chi connectivity index (χ1) is 13.2. The number of hydrogen-bond donors (Lipinski definition) is 0. The number of rotatable bonds is 5. The zero-order valence-corrected chi connectivity index (χ0v) is 15.4. The first kappa shape index (κ1) is 17.6. The molecule has 4 rings (SSSR count). The normalized spacial score (nSPS) is 10.9. The lowest BCUT2D eigenvalue weighted by Crippen LogP contribution is -1.90. The third-order valence-corrected chi connectivity index (χ3v) is 4.85. The maximum absolute atomic E-state index is 13.0. The summed E-state index contributed by atoms with van der Waals surface area (Å²) in [5.74, 6) is 1.20. The van der Waals surface area contributed by atoms with Crippen molar-refractivity contribution in [2.45, 2.75) is 10.8 Å². The van der Waals surface area contributed by atoms with Gasteiger partial charge in [-0.05, 0) is 60.7 Å². The summed E-state index contributed by atoms with van der Waals surface area (Å²) in [7, 11) is 0. The van der Waals surface area contributed by atoms with Gasteiger partial charge < -0.3 is 4.52 Å². The summed E-state index contributed by atoms with van der Waals surface area (Å²) in [4.78, 5) is 4.37. The van der Waals surface area contributed by atoms with Gasteiger partial charge in [0.15, 0.2) is 0 Å². The van der Waals surface area contributed by atoms with E-state index in [0.717, 1.165) is 16.2 Å². The second-order valence-electron chi connectivity index (χ2n) is 5.57. The van der Waals surface area contributed by atoms with Crippen molar-refractivity contribution in [1.29, 1.82) is 0 Å². The topological polar surface area (TPSA) is 64.7 Å². The Morgan fingerprint density at radius 2 is 1.63 bits per heavy atom. The van der Waals surface area contributed by atoms with E-state index < -0.39 is 0 Å². The summed E-state index contributed by atoms with van der Waals surface area (Å²) >= 11 is 7.32. The van der Waals surface area contributed by atoms with Crippen molar-refractivity contribution in [2.24, 2.45) is 0 Å². The van der Waals surface area contributed by atoms with E-state index in [-0.39, 0.29) is 5.82 Å². The van der Waals surface area contributed by atoms with Crippen LogP contribution in [-0.4, -0.2) is 20.3 Å². The molecule has 0 saturated carbocycles. The van der Waals surface area contributed by atoms with Crippen molar-refractivity contribution in [2.75, 3.05) is 0 Å². The molecule has 0 bridgehead atoms. The molecular formula is C19H12ClFN4OS. The molecule has 8 heteroatoms. The van der Waals surface area contributed by atoms with E-state index in [4.69, 9.17) is 16.1 Å². The molecule has 2 aromatic heterocycles. The molecule has 0 unspecified atom stereocenters.